The molecule has 4 rings (SSSR count). The van der Waals surface area contributed by atoms with Crippen LogP contribution in [0.25, 0.3) is 22.6 Å². The Kier molecular flexibility index (Phi) is 9.67. The van der Waals surface area contributed by atoms with E-state index in [9.17, 15) is 9.90 Å². The van der Waals surface area contributed by atoms with Crippen LogP contribution in [0.3, 0.4) is 0 Å². The van der Waals surface area contributed by atoms with Crippen molar-refractivity contribution in [3.63, 3.8) is 0 Å². The summed E-state index contributed by atoms with van der Waals surface area (Å²) in [5.41, 5.74) is 2.51. The summed E-state index contributed by atoms with van der Waals surface area (Å²) in [6.45, 7) is 8.09. The van der Waals surface area contributed by atoms with Crippen LogP contribution in [0.1, 0.15) is 33.1 Å². The molecule has 1 unspecified atom stereocenters. The highest BCUT2D eigenvalue weighted by molar-refractivity contribution is 5.78. The van der Waals surface area contributed by atoms with Crippen molar-refractivity contribution >= 4 is 11.7 Å². The van der Waals surface area contributed by atoms with Crippen LogP contribution in [0.2, 0.25) is 0 Å². The number of likely N-dealkylation sites (N-methyl/N-ethyl adjacent to an activating group) is 1. The lowest BCUT2D eigenvalue weighted by Crippen LogP contribution is -2.29. The van der Waals surface area contributed by atoms with E-state index >= 15 is 0 Å². The number of nitrogens with one attached hydrogen (secondary N) is 2. The first-order chi connectivity index (χ1) is 18.4. The molecule has 3 N–H and O–H groups in total. The van der Waals surface area contributed by atoms with Gasteiger partial charge < -0.3 is 25.4 Å². The van der Waals surface area contributed by atoms with Gasteiger partial charge in [0.1, 0.15) is 24.3 Å². The number of aromatic nitrogens is 4. The van der Waals surface area contributed by atoms with Crippen molar-refractivity contribution in [3.8, 4) is 28.4 Å². The Morgan fingerprint density at radius 3 is 2.82 bits per heavy atom. The number of anilines is 1. The van der Waals surface area contributed by atoms with Crippen LogP contribution in [0.5, 0.6) is 5.75 Å². The number of aliphatic hydroxyl groups excluding tert-OH is 1. The number of likely N-dealkylation sites (tertiary alicyclic amines) is 1. The lowest BCUT2D eigenvalue weighted by molar-refractivity contribution is -0.127. The molecule has 38 heavy (non-hydrogen) atoms. The highest BCUT2D eigenvalue weighted by Gasteiger charge is 2.19. The van der Waals surface area contributed by atoms with Crippen molar-refractivity contribution in [2.45, 2.75) is 45.8 Å². The van der Waals surface area contributed by atoms with E-state index < -0.39 is 6.10 Å². The second kappa shape index (κ2) is 13.3. The van der Waals surface area contributed by atoms with Gasteiger partial charge in [0, 0.05) is 62.5 Å². The second-order valence-electron chi connectivity index (χ2n) is 10.1. The van der Waals surface area contributed by atoms with Crippen molar-refractivity contribution in [1.82, 2.24) is 30.0 Å². The molecule has 10 heteroatoms. The first-order valence-corrected chi connectivity index (χ1v) is 13.4. The molecular formula is C28H39N7O3. The number of carbonyl (C=O) groups is 1. The van der Waals surface area contributed by atoms with Crippen LogP contribution in [-0.2, 0) is 11.3 Å². The Labute approximate surface area is 224 Å². The maximum atomic E-state index is 11.9. The molecule has 10 nitrogen and oxygen atoms in total. The smallest absolute Gasteiger partial charge is 0.222 e. The topological polar surface area (TPSA) is 117 Å². The molecule has 204 valence electrons. The molecule has 0 saturated carbocycles. The Morgan fingerprint density at radius 1 is 1.18 bits per heavy atom. The number of nitrogens with zero attached hydrogens (tertiary/aromatic N) is 5. The minimum absolute atomic E-state index is 0.187. The number of carbonyl (C=O) groups excluding carboxylic acids is 1. The molecule has 3 heterocycles. The summed E-state index contributed by atoms with van der Waals surface area (Å²) in [7, 11) is 1.79. The van der Waals surface area contributed by atoms with E-state index in [1.165, 1.54) is 0 Å². The van der Waals surface area contributed by atoms with Gasteiger partial charge in [-0.05, 0) is 37.9 Å². The molecule has 1 saturated heterocycles. The average molecular weight is 522 g/mol. The normalized spacial score (nSPS) is 14.3. The van der Waals surface area contributed by atoms with Crippen molar-refractivity contribution in [2.75, 3.05) is 45.2 Å². The fourth-order valence-electron chi connectivity index (χ4n) is 4.42. The molecule has 1 aliphatic rings. The third-order valence-corrected chi connectivity index (χ3v) is 6.26. The summed E-state index contributed by atoms with van der Waals surface area (Å²) in [5, 5.41) is 20.9. The van der Waals surface area contributed by atoms with Crippen molar-refractivity contribution in [2.24, 2.45) is 5.92 Å². The summed E-state index contributed by atoms with van der Waals surface area (Å²) in [6.07, 6.45) is 5.69. The number of amides is 1. The molecule has 1 aliphatic heterocycles. The lowest BCUT2D eigenvalue weighted by atomic mass is 10.1. The van der Waals surface area contributed by atoms with E-state index in [0.717, 1.165) is 49.3 Å². The molecule has 0 aliphatic carbocycles. The first-order valence-electron chi connectivity index (χ1n) is 13.4. The Hall–Kier alpha value is -3.50. The molecule has 2 aromatic heterocycles. The van der Waals surface area contributed by atoms with E-state index in [0.29, 0.717) is 42.8 Å². The summed E-state index contributed by atoms with van der Waals surface area (Å²) >= 11 is 0. The average Bonchev–Trinajstić information content (AvgIpc) is 3.54. The maximum Gasteiger partial charge on any atom is 0.222 e. The van der Waals surface area contributed by atoms with Crippen molar-refractivity contribution in [1.29, 1.82) is 0 Å². The summed E-state index contributed by atoms with van der Waals surface area (Å²) in [6, 6.07) is 9.52. The zero-order valence-corrected chi connectivity index (χ0v) is 22.6. The van der Waals surface area contributed by atoms with Crippen LogP contribution in [0.15, 0.2) is 42.7 Å². The third kappa shape index (κ3) is 7.75. The standard InChI is InChI=1S/C28H39N7O3/c1-20(2)17-35-18-22(15-31-35)25-14-26(30-10-6-12-34-11-5-9-27(34)37)33-28(32-25)21-7-4-8-24(13-21)38-19-23(36)16-29-3/h4,7-8,13-15,18,20,23,29,36H,5-6,9-12,16-17,19H2,1-3H3,(H,30,32,33). The monoisotopic (exact) mass is 521 g/mol. The predicted molar refractivity (Wildman–Crippen MR) is 148 cm³/mol. The molecule has 1 fully saturated rings. The number of hydrogen-bond acceptors (Lipinski definition) is 8. The van der Waals surface area contributed by atoms with Gasteiger partial charge in [-0.15, -0.1) is 0 Å². The van der Waals surface area contributed by atoms with E-state index in [4.69, 9.17) is 14.7 Å². The van der Waals surface area contributed by atoms with Crippen LogP contribution in [0, 0.1) is 5.92 Å². The first kappa shape index (κ1) is 27.5. The molecule has 3 aromatic rings. The summed E-state index contributed by atoms with van der Waals surface area (Å²) in [5.74, 6) is 2.65. The summed E-state index contributed by atoms with van der Waals surface area (Å²) in [4.78, 5) is 23.5. The second-order valence-corrected chi connectivity index (χ2v) is 10.1. The molecular weight excluding hydrogens is 482 g/mol. The van der Waals surface area contributed by atoms with E-state index in [1.807, 2.05) is 52.3 Å². The molecule has 0 bridgehead atoms. The number of rotatable bonds is 14. The Balaban J connectivity index is 1.53. The van der Waals surface area contributed by atoms with Gasteiger partial charge in [-0.2, -0.15) is 5.10 Å². The van der Waals surface area contributed by atoms with E-state index in [2.05, 4.69) is 29.6 Å². The highest BCUT2D eigenvalue weighted by atomic mass is 16.5. The van der Waals surface area contributed by atoms with Gasteiger partial charge in [0.25, 0.3) is 0 Å². The zero-order valence-electron chi connectivity index (χ0n) is 22.6. The van der Waals surface area contributed by atoms with Gasteiger partial charge in [0.05, 0.1) is 11.9 Å². The van der Waals surface area contributed by atoms with Crippen molar-refractivity contribution in [3.05, 3.63) is 42.7 Å². The van der Waals surface area contributed by atoms with E-state index in [1.54, 1.807) is 7.05 Å². The van der Waals surface area contributed by atoms with Gasteiger partial charge in [0.15, 0.2) is 5.82 Å². The van der Waals surface area contributed by atoms with Gasteiger partial charge in [0.2, 0.25) is 5.91 Å². The van der Waals surface area contributed by atoms with Crippen molar-refractivity contribution < 1.29 is 14.6 Å². The molecule has 1 amide bonds. The number of hydrogen-bond donors (Lipinski definition) is 3. The third-order valence-electron chi connectivity index (χ3n) is 6.26. The van der Waals surface area contributed by atoms with Gasteiger partial charge in [-0.3, -0.25) is 9.48 Å². The number of ether oxygens (including phenoxy) is 1. The van der Waals surface area contributed by atoms with Crippen LogP contribution < -0.4 is 15.4 Å². The fraction of sp³-hybridized carbons (Fsp3) is 0.500. The van der Waals surface area contributed by atoms with E-state index in [-0.39, 0.29) is 12.5 Å². The quantitative estimate of drug-likeness (QED) is 0.277. The molecule has 1 atom stereocenters. The largest absolute Gasteiger partial charge is 0.491 e. The Bertz CT molecular complexity index is 1200. The van der Waals surface area contributed by atoms with Gasteiger partial charge in [-0.1, -0.05) is 26.0 Å². The number of benzene rings is 1. The minimum Gasteiger partial charge on any atom is -0.491 e. The lowest BCUT2D eigenvalue weighted by Gasteiger charge is -2.16. The van der Waals surface area contributed by atoms with Gasteiger partial charge >= 0.3 is 0 Å². The SMILES string of the molecule is CNCC(O)COc1cccc(-c2nc(NCCCN3CCCC3=O)cc(-c3cnn(CC(C)C)c3)n2)c1. The van der Waals surface area contributed by atoms with Crippen LogP contribution >= 0.6 is 0 Å². The van der Waals surface area contributed by atoms with Crippen LogP contribution in [0.4, 0.5) is 5.82 Å². The zero-order chi connectivity index (χ0) is 26.9. The predicted octanol–water partition coefficient (Wildman–Crippen LogP) is 3.05. The summed E-state index contributed by atoms with van der Waals surface area (Å²) < 4.78 is 7.74. The van der Waals surface area contributed by atoms with Gasteiger partial charge in [-0.25, -0.2) is 9.97 Å². The fourth-order valence-corrected chi connectivity index (χ4v) is 4.42. The Morgan fingerprint density at radius 2 is 2.05 bits per heavy atom. The molecule has 1 aromatic carbocycles. The van der Waals surface area contributed by atoms with Crippen LogP contribution in [-0.4, -0.2) is 81.6 Å². The number of aliphatic hydroxyl groups is 1. The minimum atomic E-state index is -0.600. The molecule has 0 radical (unpaired) electrons. The molecule has 0 spiro atoms. The highest BCUT2D eigenvalue weighted by Crippen LogP contribution is 2.27. The maximum absolute atomic E-state index is 11.9.